The molecular weight excluding hydrogens is 436 g/mol. The second-order valence-electron chi connectivity index (χ2n) is 8.05. The van der Waals surface area contributed by atoms with E-state index in [-0.39, 0.29) is 12.0 Å². The van der Waals surface area contributed by atoms with Crippen LogP contribution < -0.4 is 14.4 Å². The summed E-state index contributed by atoms with van der Waals surface area (Å²) in [5, 5.41) is 3.45. The molecule has 6 nitrogen and oxygen atoms in total. The molecule has 0 saturated heterocycles. The minimum Gasteiger partial charge on any atom is -0.496 e. The van der Waals surface area contributed by atoms with Gasteiger partial charge >= 0.3 is 0 Å². The van der Waals surface area contributed by atoms with Crippen molar-refractivity contribution < 1.29 is 17.9 Å². The van der Waals surface area contributed by atoms with Gasteiger partial charge in [-0.15, -0.1) is 0 Å². The van der Waals surface area contributed by atoms with E-state index in [9.17, 15) is 13.2 Å². The number of anilines is 1. The zero-order valence-corrected chi connectivity index (χ0v) is 20.6. The van der Waals surface area contributed by atoms with Gasteiger partial charge in [-0.25, -0.2) is 8.42 Å². The third kappa shape index (κ3) is 5.92. The lowest BCUT2D eigenvalue weighted by Gasteiger charge is -2.29. The molecule has 1 amide bonds. The van der Waals surface area contributed by atoms with Gasteiger partial charge in [-0.05, 0) is 79.8 Å². The summed E-state index contributed by atoms with van der Waals surface area (Å²) in [6.07, 6.45) is 1.08. The number of rotatable bonds is 8. The number of hydrogen-bond acceptors (Lipinski definition) is 4. The van der Waals surface area contributed by atoms with Crippen molar-refractivity contribution in [1.29, 1.82) is 0 Å². The molecule has 2 rings (SSSR count). The summed E-state index contributed by atoms with van der Waals surface area (Å²) in [5.74, 6) is 0.671. The number of methoxy groups -OCH3 is 1. The Balaban J connectivity index is 2.32. The van der Waals surface area contributed by atoms with Crippen molar-refractivity contribution in [1.82, 2.24) is 5.32 Å². The van der Waals surface area contributed by atoms with Crippen molar-refractivity contribution in [3.63, 3.8) is 0 Å². The predicted octanol–water partition coefficient (Wildman–Crippen LogP) is 4.81. The van der Waals surface area contributed by atoms with Gasteiger partial charge in [0.2, 0.25) is 15.9 Å². The minimum atomic E-state index is -3.70. The van der Waals surface area contributed by atoms with Crippen LogP contribution in [0.15, 0.2) is 36.4 Å². The van der Waals surface area contributed by atoms with E-state index in [4.69, 9.17) is 16.3 Å². The summed E-state index contributed by atoms with van der Waals surface area (Å²) >= 11 is 5.92. The lowest BCUT2D eigenvalue weighted by Crippen LogP contribution is -2.48. The Morgan fingerprint density at radius 1 is 1.06 bits per heavy atom. The Hall–Kier alpha value is -2.25. The Bertz CT molecular complexity index is 1040. The molecule has 2 atom stereocenters. The molecule has 0 aliphatic heterocycles. The normalized spacial score (nSPS) is 13.6. The van der Waals surface area contributed by atoms with Gasteiger partial charge in [0.1, 0.15) is 11.8 Å². The van der Waals surface area contributed by atoms with E-state index in [1.807, 2.05) is 26.0 Å². The van der Waals surface area contributed by atoms with E-state index >= 15 is 0 Å². The zero-order chi connectivity index (χ0) is 23.5. The minimum absolute atomic E-state index is 0.252. The number of sulfonamides is 1. The van der Waals surface area contributed by atoms with Crippen LogP contribution in [0.2, 0.25) is 5.02 Å². The van der Waals surface area contributed by atoms with E-state index in [2.05, 4.69) is 19.2 Å². The van der Waals surface area contributed by atoms with E-state index in [0.717, 1.165) is 33.0 Å². The Morgan fingerprint density at radius 2 is 1.65 bits per heavy atom. The maximum absolute atomic E-state index is 13.0. The molecule has 0 unspecified atom stereocenters. The first kappa shape index (κ1) is 25.0. The summed E-state index contributed by atoms with van der Waals surface area (Å²) in [4.78, 5) is 13.0. The third-order valence-electron chi connectivity index (χ3n) is 5.24. The van der Waals surface area contributed by atoms with Crippen LogP contribution in [0.1, 0.15) is 56.3 Å². The van der Waals surface area contributed by atoms with E-state index in [1.165, 1.54) is 0 Å². The smallest absolute Gasteiger partial charge is 0.244 e. The summed E-state index contributed by atoms with van der Waals surface area (Å²) in [7, 11) is -2.06. The number of carbonyl (C=O) groups excluding carboxylic acids is 1. The first-order valence-electron chi connectivity index (χ1n) is 10.1. The number of nitrogens with zero attached hydrogens (tertiary/aromatic N) is 1. The Labute approximate surface area is 190 Å². The van der Waals surface area contributed by atoms with Crippen LogP contribution in [0, 0.1) is 6.92 Å². The number of hydrogen-bond donors (Lipinski definition) is 1. The molecule has 2 aromatic rings. The van der Waals surface area contributed by atoms with E-state index < -0.39 is 22.0 Å². The third-order valence-corrected chi connectivity index (χ3v) is 6.73. The van der Waals surface area contributed by atoms with Crippen LogP contribution in [-0.4, -0.2) is 33.7 Å². The summed E-state index contributed by atoms with van der Waals surface area (Å²) < 4.78 is 31.5. The van der Waals surface area contributed by atoms with Gasteiger partial charge in [0.25, 0.3) is 0 Å². The van der Waals surface area contributed by atoms with Crippen molar-refractivity contribution in [3.8, 4) is 5.75 Å². The standard InChI is InChI=1S/C23H31ClN2O4S/c1-14(2)20-13-21(15(3)12-22(20)30-6)16(4)25-23(27)17(5)26(31(7,28)29)19-10-8-18(24)9-11-19/h8-14,16-17H,1-7H3,(H,25,27)/t16-,17+/m0/s1. The molecule has 0 aliphatic carbocycles. The Kier molecular flexibility index (Phi) is 8.00. The molecule has 0 aromatic heterocycles. The van der Waals surface area contributed by atoms with Crippen LogP contribution in [0.25, 0.3) is 0 Å². The number of benzene rings is 2. The van der Waals surface area contributed by atoms with Crippen molar-refractivity contribution in [2.45, 2.75) is 52.6 Å². The predicted molar refractivity (Wildman–Crippen MR) is 127 cm³/mol. The zero-order valence-electron chi connectivity index (χ0n) is 19.1. The van der Waals surface area contributed by atoms with Gasteiger partial charge in [0.05, 0.1) is 25.1 Å². The number of amides is 1. The fourth-order valence-electron chi connectivity index (χ4n) is 3.62. The maximum atomic E-state index is 13.0. The number of ether oxygens (including phenoxy) is 1. The average molecular weight is 467 g/mol. The van der Waals surface area contributed by atoms with Gasteiger partial charge in [-0.2, -0.15) is 0 Å². The average Bonchev–Trinajstić information content (AvgIpc) is 2.67. The number of nitrogens with one attached hydrogen (secondary N) is 1. The highest BCUT2D eigenvalue weighted by atomic mass is 35.5. The van der Waals surface area contributed by atoms with Crippen molar-refractivity contribution in [3.05, 3.63) is 58.1 Å². The topological polar surface area (TPSA) is 75.7 Å². The molecule has 8 heteroatoms. The largest absolute Gasteiger partial charge is 0.496 e. The highest BCUT2D eigenvalue weighted by molar-refractivity contribution is 7.92. The van der Waals surface area contributed by atoms with Crippen LogP contribution in [-0.2, 0) is 14.8 Å². The van der Waals surface area contributed by atoms with Crippen LogP contribution >= 0.6 is 11.6 Å². The highest BCUT2D eigenvalue weighted by Gasteiger charge is 2.30. The van der Waals surface area contributed by atoms with Crippen LogP contribution in [0.5, 0.6) is 5.75 Å². The summed E-state index contributed by atoms with van der Waals surface area (Å²) in [5.41, 5.74) is 3.38. The number of carbonyl (C=O) groups is 1. The molecule has 0 heterocycles. The number of aryl methyl sites for hydroxylation is 1. The molecule has 0 radical (unpaired) electrons. The summed E-state index contributed by atoms with van der Waals surface area (Å²) in [6, 6.07) is 9.10. The second-order valence-corrected chi connectivity index (χ2v) is 10.3. The van der Waals surface area contributed by atoms with Gasteiger partial charge in [-0.1, -0.05) is 25.4 Å². The molecule has 31 heavy (non-hydrogen) atoms. The quantitative estimate of drug-likeness (QED) is 0.605. The fourth-order valence-corrected chi connectivity index (χ4v) is 4.92. The van der Waals surface area contributed by atoms with Gasteiger partial charge in [0.15, 0.2) is 0 Å². The molecule has 0 aliphatic rings. The first-order valence-corrected chi connectivity index (χ1v) is 12.3. The lowest BCUT2D eigenvalue weighted by molar-refractivity contribution is -0.122. The molecule has 0 saturated carbocycles. The van der Waals surface area contributed by atoms with E-state index in [1.54, 1.807) is 38.3 Å². The lowest BCUT2D eigenvalue weighted by atomic mass is 9.93. The van der Waals surface area contributed by atoms with Crippen molar-refractivity contribution in [2.75, 3.05) is 17.7 Å². The van der Waals surface area contributed by atoms with Gasteiger partial charge in [0, 0.05) is 5.02 Å². The molecule has 0 fully saturated rings. The molecule has 2 aromatic carbocycles. The van der Waals surface area contributed by atoms with Crippen molar-refractivity contribution in [2.24, 2.45) is 0 Å². The molecule has 0 spiro atoms. The van der Waals surface area contributed by atoms with Crippen molar-refractivity contribution >= 4 is 33.2 Å². The second kappa shape index (κ2) is 9.92. The van der Waals surface area contributed by atoms with Gasteiger partial charge in [-0.3, -0.25) is 9.10 Å². The maximum Gasteiger partial charge on any atom is 0.244 e. The molecule has 1 N–H and O–H groups in total. The highest BCUT2D eigenvalue weighted by Crippen LogP contribution is 2.32. The fraction of sp³-hybridized carbons (Fsp3) is 0.435. The Morgan fingerprint density at radius 3 is 2.13 bits per heavy atom. The molecule has 0 bridgehead atoms. The van der Waals surface area contributed by atoms with Gasteiger partial charge < -0.3 is 10.1 Å². The number of halogens is 1. The molecular formula is C23H31ClN2O4S. The van der Waals surface area contributed by atoms with Crippen LogP contribution in [0.3, 0.4) is 0 Å². The summed E-state index contributed by atoms with van der Waals surface area (Å²) in [6.45, 7) is 9.58. The SMILES string of the molecule is COc1cc(C)c([C@H](C)NC(=O)[C@@H](C)N(c2ccc(Cl)cc2)S(C)(=O)=O)cc1C(C)C. The van der Waals surface area contributed by atoms with E-state index in [0.29, 0.717) is 10.7 Å². The molecule has 170 valence electrons. The monoisotopic (exact) mass is 466 g/mol. The first-order chi connectivity index (χ1) is 14.4. The van der Waals surface area contributed by atoms with Crippen LogP contribution in [0.4, 0.5) is 5.69 Å².